The minimum atomic E-state index is -4.07. The molecule has 0 bridgehead atoms. The zero-order chi connectivity index (χ0) is 11.2. The Bertz CT molecular complexity index is 145. The van der Waals surface area contributed by atoms with E-state index in [0.29, 0.717) is 12.5 Å². The molecule has 0 aromatic rings. The molecule has 0 aromatic heterocycles. The first-order chi connectivity index (χ1) is 6.31. The molecule has 0 amide bonds. The van der Waals surface area contributed by atoms with E-state index >= 15 is 0 Å². The van der Waals surface area contributed by atoms with Gasteiger partial charge in [-0.15, -0.1) is 0 Å². The molecule has 2 nitrogen and oxygen atoms in total. The second kappa shape index (κ2) is 6.24. The number of nitrogens with two attached hydrogens (primary N) is 1. The van der Waals surface area contributed by atoms with Crippen LogP contribution in [0.4, 0.5) is 13.2 Å². The first-order valence-electron chi connectivity index (χ1n) is 4.84. The fraction of sp³-hybridized carbons (Fsp3) is 1.00. The van der Waals surface area contributed by atoms with Crippen molar-refractivity contribution in [3.63, 3.8) is 0 Å². The van der Waals surface area contributed by atoms with E-state index in [9.17, 15) is 13.2 Å². The average molecular weight is 212 g/mol. The standard InChI is InChI=1S/C9H19F3N2/c1-7(2)5-8(13)6-14-4-3-9(10,11)12/h7-8,14H,3-6,13H2,1-2H3. The van der Waals surface area contributed by atoms with Gasteiger partial charge in [0.15, 0.2) is 0 Å². The number of hydrogen-bond donors (Lipinski definition) is 2. The first-order valence-corrected chi connectivity index (χ1v) is 4.84. The Labute approximate surface area is 83.0 Å². The molecule has 14 heavy (non-hydrogen) atoms. The third-order valence-electron chi connectivity index (χ3n) is 1.77. The monoisotopic (exact) mass is 212 g/mol. The van der Waals surface area contributed by atoms with Crippen LogP contribution < -0.4 is 11.1 Å². The Morgan fingerprint density at radius 1 is 1.29 bits per heavy atom. The highest BCUT2D eigenvalue weighted by Gasteiger charge is 2.25. The number of rotatable bonds is 6. The van der Waals surface area contributed by atoms with Crippen LogP contribution in [-0.4, -0.2) is 25.3 Å². The molecular weight excluding hydrogens is 193 g/mol. The average Bonchev–Trinajstić information content (AvgIpc) is 1.95. The van der Waals surface area contributed by atoms with Crippen LogP contribution in [0.1, 0.15) is 26.7 Å². The van der Waals surface area contributed by atoms with Crippen molar-refractivity contribution < 1.29 is 13.2 Å². The van der Waals surface area contributed by atoms with Crippen LogP contribution in [0, 0.1) is 5.92 Å². The van der Waals surface area contributed by atoms with Gasteiger partial charge >= 0.3 is 6.18 Å². The minimum absolute atomic E-state index is 0.0463. The lowest BCUT2D eigenvalue weighted by Gasteiger charge is -2.15. The van der Waals surface area contributed by atoms with E-state index in [1.165, 1.54) is 0 Å². The summed E-state index contributed by atoms with van der Waals surface area (Å²) in [4.78, 5) is 0. The maximum atomic E-state index is 11.7. The van der Waals surface area contributed by atoms with Crippen molar-refractivity contribution in [3.8, 4) is 0 Å². The summed E-state index contributed by atoms with van der Waals surface area (Å²) in [5.41, 5.74) is 5.68. The fourth-order valence-electron chi connectivity index (χ4n) is 1.21. The maximum Gasteiger partial charge on any atom is 0.390 e. The van der Waals surface area contributed by atoms with Crippen LogP contribution in [0.2, 0.25) is 0 Å². The van der Waals surface area contributed by atoms with E-state index in [4.69, 9.17) is 5.73 Å². The van der Waals surface area contributed by atoms with Crippen LogP contribution in [0.15, 0.2) is 0 Å². The molecule has 0 aliphatic rings. The van der Waals surface area contributed by atoms with E-state index in [-0.39, 0.29) is 12.6 Å². The Morgan fingerprint density at radius 3 is 2.29 bits per heavy atom. The van der Waals surface area contributed by atoms with Crippen molar-refractivity contribution in [1.29, 1.82) is 0 Å². The smallest absolute Gasteiger partial charge is 0.327 e. The molecule has 0 saturated heterocycles. The van der Waals surface area contributed by atoms with Gasteiger partial charge < -0.3 is 11.1 Å². The Morgan fingerprint density at radius 2 is 1.86 bits per heavy atom. The highest BCUT2D eigenvalue weighted by molar-refractivity contribution is 4.67. The Hall–Kier alpha value is -0.290. The molecule has 0 saturated carbocycles. The normalized spacial score (nSPS) is 14.8. The van der Waals surface area contributed by atoms with Crippen LogP contribution >= 0.6 is 0 Å². The van der Waals surface area contributed by atoms with E-state index in [1.54, 1.807) is 0 Å². The topological polar surface area (TPSA) is 38.0 Å². The summed E-state index contributed by atoms with van der Waals surface area (Å²) in [6.07, 6.45) is -4.03. The van der Waals surface area contributed by atoms with Crippen molar-refractivity contribution in [2.45, 2.75) is 38.9 Å². The van der Waals surface area contributed by atoms with E-state index in [2.05, 4.69) is 5.32 Å². The summed E-state index contributed by atoms with van der Waals surface area (Å²) < 4.78 is 35.2. The zero-order valence-corrected chi connectivity index (χ0v) is 8.69. The molecule has 5 heteroatoms. The quantitative estimate of drug-likeness (QED) is 0.660. The molecule has 0 radical (unpaired) electrons. The van der Waals surface area contributed by atoms with Crippen molar-refractivity contribution in [2.75, 3.05) is 13.1 Å². The molecule has 0 rings (SSSR count). The Kier molecular flexibility index (Phi) is 6.11. The molecule has 1 unspecified atom stereocenters. The summed E-state index contributed by atoms with van der Waals surface area (Å²) in [6, 6.07) is -0.0526. The molecular formula is C9H19F3N2. The SMILES string of the molecule is CC(C)CC(N)CNCCC(F)(F)F. The number of hydrogen-bond acceptors (Lipinski definition) is 2. The van der Waals surface area contributed by atoms with Crippen molar-refractivity contribution >= 4 is 0 Å². The van der Waals surface area contributed by atoms with Gasteiger partial charge in [0, 0.05) is 19.1 Å². The maximum absolute atomic E-state index is 11.7. The van der Waals surface area contributed by atoms with Gasteiger partial charge in [0.25, 0.3) is 0 Å². The summed E-state index contributed by atoms with van der Waals surface area (Å²) in [5, 5.41) is 2.70. The lowest BCUT2D eigenvalue weighted by Crippen LogP contribution is -2.36. The molecule has 0 spiro atoms. The van der Waals surface area contributed by atoms with Gasteiger partial charge in [0.05, 0.1) is 6.42 Å². The van der Waals surface area contributed by atoms with Crippen molar-refractivity contribution in [1.82, 2.24) is 5.32 Å². The van der Waals surface area contributed by atoms with E-state index in [1.807, 2.05) is 13.8 Å². The number of nitrogens with one attached hydrogen (secondary N) is 1. The largest absolute Gasteiger partial charge is 0.390 e. The zero-order valence-electron chi connectivity index (χ0n) is 8.69. The second-order valence-electron chi connectivity index (χ2n) is 3.96. The third kappa shape index (κ3) is 9.80. The van der Waals surface area contributed by atoms with E-state index in [0.717, 1.165) is 6.42 Å². The predicted octanol–water partition coefficient (Wildman–Crippen LogP) is 1.90. The van der Waals surface area contributed by atoms with Crippen LogP contribution in [-0.2, 0) is 0 Å². The van der Waals surface area contributed by atoms with E-state index < -0.39 is 12.6 Å². The van der Waals surface area contributed by atoms with Crippen molar-refractivity contribution in [2.24, 2.45) is 11.7 Å². The molecule has 3 N–H and O–H groups in total. The van der Waals surface area contributed by atoms with Crippen LogP contribution in [0.25, 0.3) is 0 Å². The molecule has 0 fully saturated rings. The minimum Gasteiger partial charge on any atom is -0.327 e. The fourth-order valence-corrected chi connectivity index (χ4v) is 1.21. The van der Waals surface area contributed by atoms with Crippen LogP contribution in [0.3, 0.4) is 0 Å². The first kappa shape index (κ1) is 13.7. The molecule has 0 aromatic carbocycles. The molecule has 0 aliphatic carbocycles. The van der Waals surface area contributed by atoms with Gasteiger partial charge in [-0.2, -0.15) is 13.2 Å². The third-order valence-corrected chi connectivity index (χ3v) is 1.77. The molecule has 86 valence electrons. The summed E-state index contributed by atoms with van der Waals surface area (Å²) >= 11 is 0. The molecule has 1 atom stereocenters. The van der Waals surface area contributed by atoms with Crippen LogP contribution in [0.5, 0.6) is 0 Å². The van der Waals surface area contributed by atoms with Gasteiger partial charge in [-0.1, -0.05) is 13.8 Å². The van der Waals surface area contributed by atoms with Gasteiger partial charge in [-0.25, -0.2) is 0 Å². The highest BCUT2D eigenvalue weighted by Crippen LogP contribution is 2.18. The highest BCUT2D eigenvalue weighted by atomic mass is 19.4. The number of halogens is 3. The molecule has 0 heterocycles. The molecule has 0 aliphatic heterocycles. The van der Waals surface area contributed by atoms with Gasteiger partial charge in [-0.3, -0.25) is 0 Å². The van der Waals surface area contributed by atoms with Crippen molar-refractivity contribution in [3.05, 3.63) is 0 Å². The van der Waals surface area contributed by atoms with Gasteiger partial charge in [0.2, 0.25) is 0 Å². The summed E-state index contributed by atoms with van der Waals surface area (Å²) in [6.45, 7) is 4.48. The van der Waals surface area contributed by atoms with Gasteiger partial charge in [-0.05, 0) is 12.3 Å². The summed E-state index contributed by atoms with van der Waals surface area (Å²) in [7, 11) is 0. The lowest BCUT2D eigenvalue weighted by molar-refractivity contribution is -0.133. The Balaban J connectivity index is 3.36. The summed E-state index contributed by atoms with van der Waals surface area (Å²) in [5.74, 6) is 0.481. The second-order valence-corrected chi connectivity index (χ2v) is 3.96. The predicted molar refractivity (Wildman–Crippen MR) is 51.0 cm³/mol. The number of alkyl halides is 3. The van der Waals surface area contributed by atoms with Gasteiger partial charge in [0.1, 0.15) is 0 Å². The lowest BCUT2D eigenvalue weighted by atomic mass is 10.0.